The summed E-state index contributed by atoms with van der Waals surface area (Å²) in [5.41, 5.74) is 1.15. The van der Waals surface area contributed by atoms with E-state index >= 15 is 0 Å². The number of hydrogen-bond acceptors (Lipinski definition) is 3. The summed E-state index contributed by atoms with van der Waals surface area (Å²) in [5, 5.41) is 3.30. The maximum Gasteiger partial charge on any atom is 0.217 e. The van der Waals surface area contributed by atoms with Gasteiger partial charge in [-0.15, -0.1) is 0 Å². The first-order valence-electron chi connectivity index (χ1n) is 6.17. The Labute approximate surface area is 97.2 Å². The van der Waals surface area contributed by atoms with Gasteiger partial charge in [-0.3, -0.25) is 0 Å². The Morgan fingerprint density at radius 1 is 1.50 bits per heavy atom. The summed E-state index contributed by atoms with van der Waals surface area (Å²) >= 11 is 0. The van der Waals surface area contributed by atoms with E-state index in [-0.39, 0.29) is 0 Å². The zero-order valence-corrected chi connectivity index (χ0v) is 9.91. The van der Waals surface area contributed by atoms with E-state index in [9.17, 15) is 0 Å². The summed E-state index contributed by atoms with van der Waals surface area (Å²) in [6.07, 6.45) is 5.74. The second-order valence-corrected chi connectivity index (χ2v) is 4.33. The number of ether oxygens (including phenoxy) is 1. The van der Waals surface area contributed by atoms with Gasteiger partial charge in [0.2, 0.25) is 5.88 Å². The monoisotopic (exact) mass is 220 g/mol. The van der Waals surface area contributed by atoms with E-state index in [1.807, 2.05) is 6.07 Å². The molecule has 0 saturated heterocycles. The van der Waals surface area contributed by atoms with Crippen LogP contribution in [0.4, 0.5) is 0 Å². The van der Waals surface area contributed by atoms with Gasteiger partial charge in [0.25, 0.3) is 0 Å². The molecule has 1 heterocycles. The van der Waals surface area contributed by atoms with E-state index in [1.165, 1.54) is 19.3 Å². The van der Waals surface area contributed by atoms with E-state index in [2.05, 4.69) is 23.3 Å². The summed E-state index contributed by atoms with van der Waals surface area (Å²) in [7, 11) is 0. The van der Waals surface area contributed by atoms with Crippen molar-refractivity contribution >= 4 is 0 Å². The Balaban J connectivity index is 1.84. The molecule has 1 aliphatic carbocycles. The van der Waals surface area contributed by atoms with E-state index < -0.39 is 0 Å². The highest BCUT2D eigenvalue weighted by Crippen LogP contribution is 2.32. The zero-order valence-electron chi connectivity index (χ0n) is 9.91. The summed E-state index contributed by atoms with van der Waals surface area (Å²) in [6.45, 7) is 4.71. The van der Waals surface area contributed by atoms with Gasteiger partial charge in [-0.2, -0.15) is 0 Å². The van der Waals surface area contributed by atoms with Crippen molar-refractivity contribution in [2.75, 3.05) is 13.2 Å². The molecule has 1 aliphatic rings. The fourth-order valence-corrected chi connectivity index (χ4v) is 1.68. The Morgan fingerprint density at radius 2 is 2.38 bits per heavy atom. The number of rotatable bonds is 7. The van der Waals surface area contributed by atoms with Crippen molar-refractivity contribution in [2.24, 2.45) is 5.92 Å². The molecule has 0 bridgehead atoms. The first-order valence-corrected chi connectivity index (χ1v) is 6.17. The third kappa shape index (κ3) is 3.49. The van der Waals surface area contributed by atoms with E-state index in [0.29, 0.717) is 0 Å². The molecule has 0 atom stereocenters. The van der Waals surface area contributed by atoms with Crippen LogP contribution in [0.15, 0.2) is 18.3 Å². The van der Waals surface area contributed by atoms with Gasteiger partial charge < -0.3 is 10.1 Å². The molecule has 1 aromatic heterocycles. The Bertz CT molecular complexity index is 323. The quantitative estimate of drug-likeness (QED) is 0.766. The number of hydrogen-bond donors (Lipinski definition) is 1. The third-order valence-corrected chi connectivity index (χ3v) is 2.88. The van der Waals surface area contributed by atoms with Crippen molar-refractivity contribution in [1.82, 2.24) is 10.3 Å². The first kappa shape index (κ1) is 11.4. The number of pyridine rings is 1. The Hall–Kier alpha value is -1.09. The molecule has 1 fully saturated rings. The van der Waals surface area contributed by atoms with Crippen molar-refractivity contribution < 1.29 is 4.74 Å². The van der Waals surface area contributed by atoms with Crippen LogP contribution >= 0.6 is 0 Å². The van der Waals surface area contributed by atoms with Gasteiger partial charge >= 0.3 is 0 Å². The number of nitrogens with one attached hydrogen (secondary N) is 1. The van der Waals surface area contributed by atoms with Gasteiger partial charge in [0, 0.05) is 18.3 Å². The molecule has 0 amide bonds. The van der Waals surface area contributed by atoms with Gasteiger partial charge in [-0.05, 0) is 24.9 Å². The molecule has 1 aromatic rings. The summed E-state index contributed by atoms with van der Waals surface area (Å²) in [4.78, 5) is 4.29. The topological polar surface area (TPSA) is 34.2 Å². The highest BCUT2D eigenvalue weighted by molar-refractivity contribution is 5.25. The fourth-order valence-electron chi connectivity index (χ4n) is 1.68. The molecule has 3 heteroatoms. The van der Waals surface area contributed by atoms with Crippen molar-refractivity contribution in [3.63, 3.8) is 0 Å². The van der Waals surface area contributed by atoms with Gasteiger partial charge in [0.1, 0.15) is 0 Å². The molecule has 16 heavy (non-hydrogen) atoms. The van der Waals surface area contributed by atoms with Crippen molar-refractivity contribution in [3.8, 4) is 5.88 Å². The average Bonchev–Trinajstić information content (AvgIpc) is 3.12. The van der Waals surface area contributed by atoms with Crippen molar-refractivity contribution in [3.05, 3.63) is 23.9 Å². The van der Waals surface area contributed by atoms with Crippen LogP contribution in [-0.4, -0.2) is 18.1 Å². The molecule has 0 radical (unpaired) electrons. The van der Waals surface area contributed by atoms with E-state index in [4.69, 9.17) is 4.74 Å². The first-order chi connectivity index (χ1) is 7.90. The van der Waals surface area contributed by atoms with Gasteiger partial charge in [0.15, 0.2) is 0 Å². The Morgan fingerprint density at radius 3 is 3.12 bits per heavy atom. The smallest absolute Gasteiger partial charge is 0.217 e. The molecule has 88 valence electrons. The lowest BCUT2D eigenvalue weighted by Crippen LogP contribution is -2.13. The average molecular weight is 220 g/mol. The molecule has 0 aliphatic heterocycles. The van der Waals surface area contributed by atoms with Crippen LogP contribution in [0.1, 0.15) is 31.7 Å². The van der Waals surface area contributed by atoms with Crippen molar-refractivity contribution in [2.45, 2.75) is 32.7 Å². The SMILES string of the molecule is CCNCc1cccnc1OCCC1CC1. The van der Waals surface area contributed by atoms with Crippen LogP contribution in [0.25, 0.3) is 0 Å². The standard InChI is InChI=1S/C13H20N2O/c1-2-14-10-12-4-3-8-15-13(12)16-9-7-11-5-6-11/h3-4,8,11,14H,2,5-7,9-10H2,1H3. The van der Waals surface area contributed by atoms with Crippen LogP contribution in [0.2, 0.25) is 0 Å². The molecule has 1 saturated carbocycles. The largest absolute Gasteiger partial charge is 0.477 e. The number of nitrogens with zero attached hydrogens (tertiary/aromatic N) is 1. The van der Waals surface area contributed by atoms with Crippen LogP contribution < -0.4 is 10.1 Å². The van der Waals surface area contributed by atoms with Crippen LogP contribution in [0, 0.1) is 5.92 Å². The van der Waals surface area contributed by atoms with Gasteiger partial charge in [-0.1, -0.05) is 25.8 Å². The highest BCUT2D eigenvalue weighted by atomic mass is 16.5. The van der Waals surface area contributed by atoms with Crippen LogP contribution in [-0.2, 0) is 6.54 Å². The number of aromatic nitrogens is 1. The highest BCUT2D eigenvalue weighted by Gasteiger charge is 2.20. The second-order valence-electron chi connectivity index (χ2n) is 4.33. The zero-order chi connectivity index (χ0) is 11.2. The molecule has 0 aromatic carbocycles. The molecular weight excluding hydrogens is 200 g/mol. The minimum atomic E-state index is 0.795. The molecular formula is C13H20N2O. The normalized spacial score (nSPS) is 15.1. The maximum atomic E-state index is 5.73. The lowest BCUT2D eigenvalue weighted by molar-refractivity contribution is 0.287. The maximum absolute atomic E-state index is 5.73. The van der Waals surface area contributed by atoms with Crippen LogP contribution in [0.3, 0.4) is 0 Å². The second kappa shape index (κ2) is 5.85. The summed E-state index contributed by atoms with van der Waals surface area (Å²) in [6, 6.07) is 4.03. The summed E-state index contributed by atoms with van der Waals surface area (Å²) < 4.78 is 5.73. The predicted octanol–water partition coefficient (Wildman–Crippen LogP) is 2.37. The predicted molar refractivity (Wildman–Crippen MR) is 64.5 cm³/mol. The minimum absolute atomic E-state index is 0.795. The fraction of sp³-hybridized carbons (Fsp3) is 0.615. The minimum Gasteiger partial charge on any atom is -0.477 e. The lowest BCUT2D eigenvalue weighted by Gasteiger charge is -2.09. The molecule has 0 unspecified atom stereocenters. The molecule has 0 spiro atoms. The molecule has 2 rings (SSSR count). The summed E-state index contributed by atoms with van der Waals surface area (Å²) in [5.74, 6) is 1.71. The molecule has 1 N–H and O–H groups in total. The van der Waals surface area contributed by atoms with Gasteiger partial charge in [0.05, 0.1) is 6.61 Å². The Kier molecular flexibility index (Phi) is 4.17. The molecule has 3 nitrogen and oxygen atoms in total. The van der Waals surface area contributed by atoms with Crippen LogP contribution in [0.5, 0.6) is 5.88 Å². The van der Waals surface area contributed by atoms with Gasteiger partial charge in [-0.25, -0.2) is 4.98 Å². The van der Waals surface area contributed by atoms with E-state index in [1.54, 1.807) is 6.20 Å². The third-order valence-electron chi connectivity index (χ3n) is 2.88. The van der Waals surface area contributed by atoms with E-state index in [0.717, 1.165) is 37.1 Å². The lowest BCUT2D eigenvalue weighted by atomic mass is 10.2. The van der Waals surface area contributed by atoms with Crippen molar-refractivity contribution in [1.29, 1.82) is 0 Å².